The van der Waals surface area contributed by atoms with Gasteiger partial charge in [0, 0.05) is 24.1 Å². The third kappa shape index (κ3) is 5.18. The Bertz CT molecular complexity index is 1120. The second-order valence-corrected chi connectivity index (χ2v) is 9.31. The molecule has 1 aliphatic carbocycles. The van der Waals surface area contributed by atoms with Crippen molar-refractivity contribution in [1.82, 2.24) is 10.0 Å². The van der Waals surface area contributed by atoms with Gasteiger partial charge in [-0.05, 0) is 42.2 Å². The van der Waals surface area contributed by atoms with Gasteiger partial charge < -0.3 is 5.32 Å². The van der Waals surface area contributed by atoms with Crippen LogP contribution in [0.3, 0.4) is 0 Å². The number of hydrogen-bond donors (Lipinski definition) is 2. The zero-order chi connectivity index (χ0) is 21.8. The molecule has 3 aromatic carbocycles. The smallest absolute Gasteiger partial charge is 0.251 e. The Morgan fingerprint density at radius 1 is 0.935 bits per heavy atom. The van der Waals surface area contributed by atoms with E-state index in [1.54, 1.807) is 0 Å². The third-order valence-corrected chi connectivity index (χ3v) is 6.79. The molecule has 2 N–H and O–H groups in total. The molecule has 5 nitrogen and oxygen atoms in total. The quantitative estimate of drug-likeness (QED) is 0.561. The van der Waals surface area contributed by atoms with Crippen molar-refractivity contribution in [3.8, 4) is 0 Å². The molecule has 0 unspecified atom stereocenters. The van der Waals surface area contributed by atoms with Crippen LogP contribution in [0.25, 0.3) is 0 Å². The van der Waals surface area contributed by atoms with Gasteiger partial charge in [-0.2, -0.15) is 0 Å². The van der Waals surface area contributed by atoms with Gasteiger partial charge in [-0.3, -0.25) is 4.79 Å². The number of halogens is 1. The lowest BCUT2D eigenvalue weighted by atomic mass is 9.91. The Balaban J connectivity index is 1.54. The van der Waals surface area contributed by atoms with Gasteiger partial charge in [-0.25, -0.2) is 17.5 Å². The van der Waals surface area contributed by atoms with Crippen LogP contribution in [0.4, 0.5) is 4.39 Å². The van der Waals surface area contributed by atoms with Crippen molar-refractivity contribution in [2.45, 2.75) is 29.7 Å². The summed E-state index contributed by atoms with van der Waals surface area (Å²) in [6, 6.07) is 22.9. The average Bonchev–Trinajstić information content (AvgIpc) is 3.59. The monoisotopic (exact) mass is 438 g/mol. The van der Waals surface area contributed by atoms with Crippen LogP contribution in [0.15, 0.2) is 83.8 Å². The maximum Gasteiger partial charge on any atom is 0.251 e. The minimum absolute atomic E-state index is 0.0773. The van der Waals surface area contributed by atoms with E-state index in [0.717, 1.165) is 36.1 Å². The maximum atomic E-state index is 14.2. The van der Waals surface area contributed by atoms with Gasteiger partial charge in [-0.15, -0.1) is 0 Å². The molecule has 1 amide bonds. The first-order chi connectivity index (χ1) is 14.9. The fourth-order valence-corrected chi connectivity index (χ4v) is 4.84. The van der Waals surface area contributed by atoms with Gasteiger partial charge in [0.1, 0.15) is 10.7 Å². The first kappa shape index (κ1) is 21.2. The first-order valence-corrected chi connectivity index (χ1v) is 11.6. The Morgan fingerprint density at radius 3 is 2.06 bits per heavy atom. The molecule has 0 bridgehead atoms. The van der Waals surface area contributed by atoms with Crippen LogP contribution in [-0.2, 0) is 10.0 Å². The molecule has 0 radical (unpaired) electrons. The van der Waals surface area contributed by atoms with Crippen LogP contribution in [0.5, 0.6) is 0 Å². The van der Waals surface area contributed by atoms with E-state index in [-0.39, 0.29) is 17.5 Å². The molecule has 4 rings (SSSR count). The highest BCUT2D eigenvalue weighted by molar-refractivity contribution is 7.89. The third-order valence-electron chi connectivity index (χ3n) is 5.25. The van der Waals surface area contributed by atoms with Gasteiger partial charge in [-0.1, -0.05) is 60.7 Å². The minimum atomic E-state index is -4.01. The first-order valence-electron chi connectivity index (χ1n) is 10.1. The molecule has 3 aromatic rings. The second kappa shape index (κ2) is 8.99. The van der Waals surface area contributed by atoms with Gasteiger partial charge >= 0.3 is 0 Å². The molecule has 1 aliphatic rings. The van der Waals surface area contributed by atoms with E-state index in [9.17, 15) is 17.6 Å². The van der Waals surface area contributed by atoms with Crippen LogP contribution in [-0.4, -0.2) is 26.9 Å². The fourth-order valence-electron chi connectivity index (χ4n) is 3.43. The fraction of sp³-hybridized carbons (Fsp3) is 0.208. The molecule has 1 saturated carbocycles. The predicted molar refractivity (Wildman–Crippen MR) is 117 cm³/mol. The highest BCUT2D eigenvalue weighted by Crippen LogP contribution is 2.25. The Morgan fingerprint density at radius 2 is 1.52 bits per heavy atom. The lowest BCUT2D eigenvalue weighted by Gasteiger charge is -2.19. The van der Waals surface area contributed by atoms with Crippen LogP contribution >= 0.6 is 0 Å². The summed E-state index contributed by atoms with van der Waals surface area (Å²) in [6.45, 7) is 0.312. The molecular formula is C24H23FN2O3S. The average molecular weight is 439 g/mol. The number of carbonyl (C=O) groups excluding carboxylic acids is 1. The van der Waals surface area contributed by atoms with Crippen molar-refractivity contribution in [3.05, 3.63) is 101 Å². The number of nitrogens with one attached hydrogen (secondary N) is 2. The van der Waals surface area contributed by atoms with E-state index in [2.05, 4.69) is 10.0 Å². The summed E-state index contributed by atoms with van der Waals surface area (Å²) in [5, 5.41) is 2.87. The molecule has 0 saturated heterocycles. The van der Waals surface area contributed by atoms with Crippen LogP contribution in [0, 0.1) is 5.82 Å². The molecule has 0 aromatic heterocycles. The van der Waals surface area contributed by atoms with Crippen molar-refractivity contribution in [1.29, 1.82) is 0 Å². The number of hydrogen-bond acceptors (Lipinski definition) is 3. The highest BCUT2D eigenvalue weighted by Gasteiger charge is 2.30. The van der Waals surface area contributed by atoms with E-state index in [1.165, 1.54) is 6.07 Å². The van der Waals surface area contributed by atoms with Crippen molar-refractivity contribution in [2.75, 3.05) is 6.54 Å². The van der Waals surface area contributed by atoms with Crippen molar-refractivity contribution in [3.63, 3.8) is 0 Å². The zero-order valence-electron chi connectivity index (χ0n) is 16.8. The van der Waals surface area contributed by atoms with Crippen molar-refractivity contribution < 1.29 is 17.6 Å². The van der Waals surface area contributed by atoms with Crippen LogP contribution < -0.4 is 10.0 Å². The largest absolute Gasteiger partial charge is 0.351 e. The predicted octanol–water partition coefficient (Wildman–Crippen LogP) is 3.83. The SMILES string of the molecule is O=C(NCC(c1ccccc1)c1ccccc1)c1ccc(F)c(S(=O)(=O)NC2CC2)c1. The van der Waals surface area contributed by atoms with Gasteiger partial charge in [0.2, 0.25) is 10.0 Å². The second-order valence-electron chi connectivity index (χ2n) is 7.62. The van der Waals surface area contributed by atoms with Crippen molar-refractivity contribution >= 4 is 15.9 Å². The summed E-state index contributed by atoms with van der Waals surface area (Å²) < 4.78 is 41.5. The normalized spacial score (nSPS) is 13.9. The summed E-state index contributed by atoms with van der Waals surface area (Å²) in [6.07, 6.45) is 1.47. The highest BCUT2D eigenvalue weighted by atomic mass is 32.2. The summed E-state index contributed by atoms with van der Waals surface area (Å²) in [4.78, 5) is 12.3. The summed E-state index contributed by atoms with van der Waals surface area (Å²) in [5.41, 5.74) is 2.19. The number of sulfonamides is 1. The molecule has 7 heteroatoms. The lowest BCUT2D eigenvalue weighted by molar-refractivity contribution is 0.0952. The molecular weight excluding hydrogens is 415 g/mol. The Hall–Kier alpha value is -3.03. The van der Waals surface area contributed by atoms with Crippen LogP contribution in [0.2, 0.25) is 0 Å². The Labute approximate surface area is 181 Å². The number of rotatable bonds is 8. The van der Waals surface area contributed by atoms with E-state index >= 15 is 0 Å². The molecule has 0 spiro atoms. The summed E-state index contributed by atoms with van der Waals surface area (Å²) in [7, 11) is -4.01. The van der Waals surface area contributed by atoms with E-state index in [0.29, 0.717) is 6.54 Å². The number of amides is 1. The number of benzene rings is 3. The topological polar surface area (TPSA) is 75.3 Å². The zero-order valence-corrected chi connectivity index (χ0v) is 17.6. The minimum Gasteiger partial charge on any atom is -0.351 e. The van der Waals surface area contributed by atoms with Crippen molar-refractivity contribution in [2.24, 2.45) is 0 Å². The number of carbonyl (C=O) groups is 1. The summed E-state index contributed by atoms with van der Waals surface area (Å²) >= 11 is 0. The molecule has 0 aliphatic heterocycles. The van der Waals surface area contributed by atoms with Gasteiger partial charge in [0.05, 0.1) is 0 Å². The lowest BCUT2D eigenvalue weighted by Crippen LogP contribution is -2.30. The molecule has 0 heterocycles. The van der Waals surface area contributed by atoms with Gasteiger partial charge in [0.25, 0.3) is 5.91 Å². The van der Waals surface area contributed by atoms with E-state index in [4.69, 9.17) is 0 Å². The van der Waals surface area contributed by atoms with E-state index < -0.39 is 26.6 Å². The summed E-state index contributed by atoms with van der Waals surface area (Å²) in [5.74, 6) is -1.41. The maximum absolute atomic E-state index is 14.2. The van der Waals surface area contributed by atoms with Gasteiger partial charge in [0.15, 0.2) is 0 Å². The van der Waals surface area contributed by atoms with Crippen LogP contribution in [0.1, 0.15) is 40.2 Å². The van der Waals surface area contributed by atoms with E-state index in [1.807, 2.05) is 60.7 Å². The molecule has 31 heavy (non-hydrogen) atoms. The standard InChI is InChI=1S/C24H23FN2O3S/c25-22-14-11-19(15-23(22)31(29,30)27-20-12-13-20)24(28)26-16-21(17-7-3-1-4-8-17)18-9-5-2-6-10-18/h1-11,14-15,20-21,27H,12-13,16H2,(H,26,28). The molecule has 1 fully saturated rings. The molecule has 0 atom stereocenters. The Kier molecular flexibility index (Phi) is 6.15. The molecule has 160 valence electrons.